The quantitative estimate of drug-likeness (QED) is 0.0228. The number of aliphatic hydroxyl groups is 2. The zero-order chi connectivity index (χ0) is 56.1. The fraction of sp³-hybridized carbons (Fsp3) is 0.815. The Morgan fingerprint density at radius 3 is 1.25 bits per heavy atom. The molecule has 0 spiro atoms. The molecule has 1 aliphatic rings. The van der Waals surface area contributed by atoms with Gasteiger partial charge in [0.15, 0.2) is 24.6 Å². The maximum absolute atomic E-state index is 13.2. The van der Waals surface area contributed by atoms with Crippen molar-refractivity contribution in [2.75, 3.05) is 13.2 Å². The van der Waals surface area contributed by atoms with E-state index in [1.54, 1.807) is 0 Å². The molecule has 1 heterocycles. The second kappa shape index (κ2) is 53.3. The Morgan fingerprint density at radius 1 is 0.442 bits per heavy atom. The Labute approximate surface area is 469 Å². The summed E-state index contributed by atoms with van der Waals surface area (Å²) in [4.78, 5) is 51.2. The summed E-state index contributed by atoms with van der Waals surface area (Å²) in [6.45, 7) is 5.89. The molecule has 1 aliphatic heterocycles. The third-order valence-corrected chi connectivity index (χ3v) is 14.4. The number of carbonyl (C=O) groups excluding carboxylic acids is 3. The minimum absolute atomic E-state index is 0.0625. The molecular formula is C65H114O12. The first-order chi connectivity index (χ1) is 37.6. The number of ether oxygens (including phenoxy) is 5. The summed E-state index contributed by atoms with van der Waals surface area (Å²) in [6, 6.07) is 0. The molecule has 3 N–H and O–H groups in total. The van der Waals surface area contributed by atoms with E-state index in [0.717, 1.165) is 96.3 Å². The Hall–Kier alpha value is -3.32. The van der Waals surface area contributed by atoms with Gasteiger partial charge in [0.2, 0.25) is 0 Å². The number of esters is 3. The molecule has 6 unspecified atom stereocenters. The standard InChI is InChI=1S/C65H114O12/c1-4-7-10-13-16-19-22-25-27-29-31-34-36-39-42-45-48-51-57(66)73-54-56(75-58(67)52-49-46-43-40-38-35-32-30-28-26-23-20-17-14-11-8-5-2)55-74-65-63(61(70)60(69)62(77-65)64(71)72)76-59(68)53-50-47-44-41-37-33-24-21-18-15-12-9-6-3/h7,10,16,19,25,27,31,34,56,60-63,65,69-70H,4-6,8-9,11-15,17-18,20-24,26,28-30,32-33,35-55H2,1-3H3,(H,71,72)/b10-7-,19-16-,27-25-,34-31-. The van der Waals surface area contributed by atoms with Crippen molar-refractivity contribution in [2.24, 2.45) is 0 Å². The largest absolute Gasteiger partial charge is 0.479 e. The maximum atomic E-state index is 13.2. The highest BCUT2D eigenvalue weighted by atomic mass is 16.7. The van der Waals surface area contributed by atoms with Crippen molar-refractivity contribution < 1.29 is 58.2 Å². The molecule has 12 heteroatoms. The van der Waals surface area contributed by atoms with Gasteiger partial charge in [0.1, 0.15) is 18.8 Å². The molecule has 0 amide bonds. The number of unbranched alkanes of at least 4 members (excludes halogenated alkanes) is 32. The summed E-state index contributed by atoms with van der Waals surface area (Å²) < 4.78 is 28.5. The maximum Gasteiger partial charge on any atom is 0.335 e. The molecule has 0 aromatic heterocycles. The van der Waals surface area contributed by atoms with Gasteiger partial charge in [0.05, 0.1) is 6.61 Å². The second-order valence-electron chi connectivity index (χ2n) is 21.7. The molecule has 1 saturated heterocycles. The third-order valence-electron chi connectivity index (χ3n) is 14.4. The smallest absolute Gasteiger partial charge is 0.335 e. The van der Waals surface area contributed by atoms with E-state index in [1.165, 1.54) is 135 Å². The predicted molar refractivity (Wildman–Crippen MR) is 312 cm³/mol. The summed E-state index contributed by atoms with van der Waals surface area (Å²) in [7, 11) is 0. The molecule has 0 radical (unpaired) electrons. The molecule has 77 heavy (non-hydrogen) atoms. The molecule has 0 bridgehead atoms. The molecule has 0 aliphatic carbocycles. The fourth-order valence-electron chi connectivity index (χ4n) is 9.60. The lowest BCUT2D eigenvalue weighted by Crippen LogP contribution is -2.61. The van der Waals surface area contributed by atoms with E-state index in [1.807, 2.05) is 0 Å². The lowest BCUT2D eigenvalue weighted by atomic mass is 9.98. The summed E-state index contributed by atoms with van der Waals surface area (Å²) in [5.74, 6) is -3.12. The van der Waals surface area contributed by atoms with Gasteiger partial charge in [-0.2, -0.15) is 0 Å². The molecule has 1 rings (SSSR count). The number of allylic oxidation sites excluding steroid dienone is 8. The van der Waals surface area contributed by atoms with Crippen LogP contribution in [-0.2, 0) is 42.9 Å². The highest BCUT2D eigenvalue weighted by Gasteiger charge is 2.50. The molecule has 1 fully saturated rings. The van der Waals surface area contributed by atoms with Gasteiger partial charge in [-0.3, -0.25) is 14.4 Å². The second-order valence-corrected chi connectivity index (χ2v) is 21.7. The van der Waals surface area contributed by atoms with E-state index < -0.39 is 67.3 Å². The van der Waals surface area contributed by atoms with Gasteiger partial charge in [-0.1, -0.05) is 262 Å². The van der Waals surface area contributed by atoms with Crippen molar-refractivity contribution >= 4 is 23.9 Å². The van der Waals surface area contributed by atoms with Crippen LogP contribution >= 0.6 is 0 Å². The monoisotopic (exact) mass is 1090 g/mol. The minimum Gasteiger partial charge on any atom is -0.479 e. The van der Waals surface area contributed by atoms with E-state index in [0.29, 0.717) is 19.3 Å². The zero-order valence-corrected chi connectivity index (χ0v) is 49.2. The van der Waals surface area contributed by atoms with Crippen molar-refractivity contribution in [3.05, 3.63) is 48.6 Å². The number of aliphatic hydroxyl groups excluding tert-OH is 2. The van der Waals surface area contributed by atoms with Crippen molar-refractivity contribution in [3.8, 4) is 0 Å². The van der Waals surface area contributed by atoms with Crippen LogP contribution in [0.2, 0.25) is 0 Å². The van der Waals surface area contributed by atoms with Crippen LogP contribution in [0.1, 0.15) is 290 Å². The molecular weight excluding hydrogens is 973 g/mol. The van der Waals surface area contributed by atoms with E-state index in [2.05, 4.69) is 69.4 Å². The van der Waals surface area contributed by atoms with E-state index in [9.17, 15) is 34.5 Å². The van der Waals surface area contributed by atoms with Gasteiger partial charge in [-0.25, -0.2) is 4.79 Å². The average Bonchev–Trinajstić information content (AvgIpc) is 3.42. The number of carboxylic acids is 1. The summed E-state index contributed by atoms with van der Waals surface area (Å²) >= 11 is 0. The van der Waals surface area contributed by atoms with Gasteiger partial charge in [-0.05, 0) is 57.8 Å². The molecule has 0 saturated carbocycles. The summed E-state index contributed by atoms with van der Waals surface area (Å²) in [5, 5.41) is 31.5. The Kier molecular flexibility index (Phi) is 49.7. The van der Waals surface area contributed by atoms with Crippen LogP contribution in [-0.4, -0.2) is 89.2 Å². The van der Waals surface area contributed by atoms with Crippen molar-refractivity contribution in [1.82, 2.24) is 0 Å². The van der Waals surface area contributed by atoms with E-state index in [4.69, 9.17) is 23.7 Å². The van der Waals surface area contributed by atoms with Crippen molar-refractivity contribution in [1.29, 1.82) is 0 Å². The highest BCUT2D eigenvalue weighted by Crippen LogP contribution is 2.27. The van der Waals surface area contributed by atoms with Crippen LogP contribution in [0.25, 0.3) is 0 Å². The van der Waals surface area contributed by atoms with Crippen molar-refractivity contribution in [2.45, 2.75) is 327 Å². The Bertz CT molecular complexity index is 1520. The zero-order valence-electron chi connectivity index (χ0n) is 49.2. The summed E-state index contributed by atoms with van der Waals surface area (Å²) in [5.41, 5.74) is 0. The lowest BCUT2D eigenvalue weighted by Gasteiger charge is -2.40. The summed E-state index contributed by atoms with van der Waals surface area (Å²) in [6.07, 6.45) is 52.2. The van der Waals surface area contributed by atoms with Gasteiger partial charge in [0, 0.05) is 19.3 Å². The SMILES string of the molecule is CC/C=C\C/C=C\C/C=C\C/C=C\CCCCCCC(=O)OCC(COC1OC(C(=O)O)C(O)C(O)C1OC(=O)CCCCCCCCCCCCCCC)OC(=O)CCCCCCCCCCCCCCCCCCC. The van der Waals surface area contributed by atoms with Crippen LogP contribution < -0.4 is 0 Å². The van der Waals surface area contributed by atoms with E-state index >= 15 is 0 Å². The highest BCUT2D eigenvalue weighted by molar-refractivity contribution is 5.74. The van der Waals surface area contributed by atoms with Crippen LogP contribution in [0.5, 0.6) is 0 Å². The minimum atomic E-state index is -1.90. The molecule has 12 nitrogen and oxygen atoms in total. The van der Waals surface area contributed by atoms with Crippen LogP contribution in [0.3, 0.4) is 0 Å². The number of rotatable bonds is 54. The van der Waals surface area contributed by atoms with Gasteiger partial charge in [0.25, 0.3) is 0 Å². The topological polar surface area (TPSA) is 175 Å². The Balaban J connectivity index is 2.67. The first kappa shape index (κ1) is 71.7. The first-order valence-corrected chi connectivity index (χ1v) is 31.6. The normalized spacial score (nSPS) is 18.3. The number of carboxylic acid groups (broad SMARTS) is 1. The predicted octanol–water partition coefficient (Wildman–Crippen LogP) is 16.6. The van der Waals surface area contributed by atoms with E-state index in [-0.39, 0.29) is 25.9 Å². The van der Waals surface area contributed by atoms with Gasteiger partial charge in [-0.15, -0.1) is 0 Å². The lowest BCUT2D eigenvalue weighted by molar-refractivity contribution is -0.301. The fourth-order valence-corrected chi connectivity index (χ4v) is 9.60. The number of hydrogen-bond acceptors (Lipinski definition) is 11. The molecule has 446 valence electrons. The van der Waals surface area contributed by atoms with Crippen LogP contribution in [0, 0.1) is 0 Å². The average molecular weight is 1090 g/mol. The van der Waals surface area contributed by atoms with Crippen LogP contribution in [0.15, 0.2) is 48.6 Å². The molecule has 0 aromatic rings. The third kappa shape index (κ3) is 43.2. The van der Waals surface area contributed by atoms with Crippen molar-refractivity contribution in [3.63, 3.8) is 0 Å². The molecule has 0 aromatic carbocycles. The molecule has 6 atom stereocenters. The number of carbonyl (C=O) groups is 4. The van der Waals surface area contributed by atoms with Gasteiger partial charge >= 0.3 is 23.9 Å². The van der Waals surface area contributed by atoms with Crippen LogP contribution in [0.4, 0.5) is 0 Å². The first-order valence-electron chi connectivity index (χ1n) is 31.6. The Morgan fingerprint density at radius 2 is 0.818 bits per heavy atom. The number of hydrogen-bond donors (Lipinski definition) is 3. The number of aliphatic carboxylic acids is 1. The van der Waals surface area contributed by atoms with Gasteiger partial charge < -0.3 is 39.0 Å².